The van der Waals surface area contributed by atoms with E-state index < -0.39 is 6.10 Å². The van der Waals surface area contributed by atoms with Gasteiger partial charge in [-0.05, 0) is 37.8 Å². The third-order valence-electron chi connectivity index (χ3n) is 4.82. The summed E-state index contributed by atoms with van der Waals surface area (Å²) in [5.41, 5.74) is 2.91. The second-order valence-electron chi connectivity index (χ2n) is 6.31. The van der Waals surface area contributed by atoms with Gasteiger partial charge in [0, 0.05) is 0 Å². The van der Waals surface area contributed by atoms with E-state index in [1.54, 1.807) is 0 Å². The van der Waals surface area contributed by atoms with Crippen molar-refractivity contribution in [2.75, 3.05) is 6.54 Å². The van der Waals surface area contributed by atoms with Crippen molar-refractivity contribution in [1.82, 2.24) is 4.90 Å². The minimum atomic E-state index is -0.808. The lowest BCUT2D eigenvalue weighted by molar-refractivity contribution is -0.142. The molecule has 2 amide bonds. The summed E-state index contributed by atoms with van der Waals surface area (Å²) in [5.74, 6) is -0.453. The van der Waals surface area contributed by atoms with Crippen LogP contribution in [0.1, 0.15) is 42.1 Å². The SMILES string of the molecule is Cc1ccc(C(O)CN2C(=O)C3CCCC3C2=O)c(C)c1. The second kappa shape index (κ2) is 5.26. The molecule has 112 valence electrons. The molecular weight excluding hydrogens is 266 g/mol. The number of amides is 2. The van der Waals surface area contributed by atoms with Gasteiger partial charge in [-0.25, -0.2) is 0 Å². The molecule has 0 bridgehead atoms. The van der Waals surface area contributed by atoms with Gasteiger partial charge in [0.2, 0.25) is 11.8 Å². The number of aryl methyl sites for hydroxylation is 2. The Bertz CT molecular complexity index is 574. The van der Waals surface area contributed by atoms with Crippen LogP contribution in [0.5, 0.6) is 0 Å². The lowest BCUT2D eigenvalue weighted by Crippen LogP contribution is -2.35. The summed E-state index contributed by atoms with van der Waals surface area (Å²) in [4.78, 5) is 25.9. The van der Waals surface area contributed by atoms with Crippen molar-refractivity contribution in [3.8, 4) is 0 Å². The summed E-state index contributed by atoms with van der Waals surface area (Å²) >= 11 is 0. The zero-order valence-corrected chi connectivity index (χ0v) is 12.5. The zero-order chi connectivity index (χ0) is 15.1. The van der Waals surface area contributed by atoms with Gasteiger partial charge in [0.05, 0.1) is 24.5 Å². The molecule has 3 rings (SSSR count). The average Bonchev–Trinajstić information content (AvgIpc) is 2.99. The van der Waals surface area contributed by atoms with Crippen molar-refractivity contribution < 1.29 is 14.7 Å². The normalized spacial score (nSPS) is 26.3. The van der Waals surface area contributed by atoms with Crippen LogP contribution >= 0.6 is 0 Å². The summed E-state index contributed by atoms with van der Waals surface area (Å²) in [6, 6.07) is 5.82. The molecule has 1 aromatic carbocycles. The number of aliphatic hydroxyl groups excluding tert-OH is 1. The quantitative estimate of drug-likeness (QED) is 0.866. The van der Waals surface area contributed by atoms with E-state index >= 15 is 0 Å². The first-order valence-corrected chi connectivity index (χ1v) is 7.59. The smallest absolute Gasteiger partial charge is 0.233 e. The number of imide groups is 1. The van der Waals surface area contributed by atoms with Crippen LogP contribution in [0.25, 0.3) is 0 Å². The summed E-state index contributed by atoms with van der Waals surface area (Å²) < 4.78 is 0. The van der Waals surface area contributed by atoms with Crippen LogP contribution in [0, 0.1) is 25.7 Å². The lowest BCUT2D eigenvalue weighted by Gasteiger charge is -2.21. The highest BCUT2D eigenvalue weighted by atomic mass is 16.3. The molecule has 21 heavy (non-hydrogen) atoms. The number of hydrogen-bond acceptors (Lipinski definition) is 3. The molecule has 4 heteroatoms. The lowest BCUT2D eigenvalue weighted by atomic mass is 10.00. The first kappa shape index (κ1) is 14.3. The van der Waals surface area contributed by atoms with E-state index in [2.05, 4.69) is 0 Å². The Balaban J connectivity index is 1.77. The molecule has 1 saturated heterocycles. The predicted molar refractivity (Wildman–Crippen MR) is 78.4 cm³/mol. The molecule has 4 nitrogen and oxygen atoms in total. The molecule has 1 aromatic rings. The standard InChI is InChI=1S/C17H21NO3/c1-10-6-7-12(11(2)8-10)15(19)9-18-16(20)13-4-3-5-14(13)17(18)21/h6-8,13-15,19H,3-5,9H2,1-2H3. The number of likely N-dealkylation sites (tertiary alicyclic amines) is 1. The molecule has 3 unspecified atom stereocenters. The number of benzene rings is 1. The van der Waals surface area contributed by atoms with Crippen LogP contribution in [0.2, 0.25) is 0 Å². The molecule has 1 saturated carbocycles. The summed E-state index contributed by atoms with van der Waals surface area (Å²) in [5, 5.41) is 10.4. The summed E-state index contributed by atoms with van der Waals surface area (Å²) in [7, 11) is 0. The maximum atomic E-state index is 12.3. The van der Waals surface area contributed by atoms with Crippen molar-refractivity contribution >= 4 is 11.8 Å². The number of hydrogen-bond donors (Lipinski definition) is 1. The second-order valence-corrected chi connectivity index (χ2v) is 6.31. The van der Waals surface area contributed by atoms with Gasteiger partial charge in [0.25, 0.3) is 0 Å². The van der Waals surface area contributed by atoms with E-state index in [1.807, 2.05) is 32.0 Å². The van der Waals surface area contributed by atoms with Crippen LogP contribution in [0.4, 0.5) is 0 Å². The Hall–Kier alpha value is -1.68. The van der Waals surface area contributed by atoms with Gasteiger partial charge in [-0.15, -0.1) is 0 Å². The van der Waals surface area contributed by atoms with Crippen LogP contribution in [0.15, 0.2) is 18.2 Å². The summed E-state index contributed by atoms with van der Waals surface area (Å²) in [6.07, 6.45) is 1.77. The number of fused-ring (bicyclic) bond motifs is 1. The topological polar surface area (TPSA) is 57.6 Å². The van der Waals surface area contributed by atoms with E-state index in [0.29, 0.717) is 0 Å². The maximum Gasteiger partial charge on any atom is 0.233 e. The van der Waals surface area contributed by atoms with Crippen molar-refractivity contribution in [3.05, 3.63) is 34.9 Å². The van der Waals surface area contributed by atoms with Crippen molar-refractivity contribution in [2.24, 2.45) is 11.8 Å². The fourth-order valence-corrected chi connectivity index (χ4v) is 3.71. The first-order valence-electron chi connectivity index (χ1n) is 7.59. The van der Waals surface area contributed by atoms with Gasteiger partial charge in [-0.3, -0.25) is 14.5 Å². The molecule has 2 fully saturated rings. The molecule has 2 aliphatic rings. The van der Waals surface area contributed by atoms with E-state index in [4.69, 9.17) is 0 Å². The largest absolute Gasteiger partial charge is 0.387 e. The highest BCUT2D eigenvalue weighted by Gasteiger charge is 2.49. The number of carbonyl (C=O) groups excluding carboxylic acids is 2. The van der Waals surface area contributed by atoms with Gasteiger partial charge in [-0.1, -0.05) is 30.2 Å². The highest BCUT2D eigenvalue weighted by Crippen LogP contribution is 2.40. The average molecular weight is 287 g/mol. The van der Waals surface area contributed by atoms with Crippen molar-refractivity contribution in [3.63, 3.8) is 0 Å². The van der Waals surface area contributed by atoms with Crippen molar-refractivity contribution in [2.45, 2.75) is 39.2 Å². The van der Waals surface area contributed by atoms with E-state index in [9.17, 15) is 14.7 Å². The van der Waals surface area contributed by atoms with Gasteiger partial charge in [0.15, 0.2) is 0 Å². The first-order chi connectivity index (χ1) is 9.99. The third-order valence-corrected chi connectivity index (χ3v) is 4.82. The van der Waals surface area contributed by atoms with Crippen LogP contribution in [-0.4, -0.2) is 28.4 Å². The third kappa shape index (κ3) is 2.38. The molecule has 1 N–H and O–H groups in total. The molecule has 3 atom stereocenters. The highest BCUT2D eigenvalue weighted by molar-refractivity contribution is 6.05. The maximum absolute atomic E-state index is 12.3. The Morgan fingerprint density at radius 3 is 2.38 bits per heavy atom. The van der Waals surface area contributed by atoms with Crippen LogP contribution < -0.4 is 0 Å². The van der Waals surface area contributed by atoms with E-state index in [1.165, 1.54) is 4.90 Å². The van der Waals surface area contributed by atoms with Gasteiger partial charge >= 0.3 is 0 Å². The predicted octanol–water partition coefficient (Wildman–Crippen LogP) is 2.12. The fourth-order valence-electron chi connectivity index (χ4n) is 3.71. The van der Waals surface area contributed by atoms with Gasteiger partial charge in [-0.2, -0.15) is 0 Å². The van der Waals surface area contributed by atoms with Crippen LogP contribution in [-0.2, 0) is 9.59 Å². The molecule has 1 heterocycles. The van der Waals surface area contributed by atoms with Crippen molar-refractivity contribution in [1.29, 1.82) is 0 Å². The molecule has 0 spiro atoms. The Kier molecular flexibility index (Phi) is 3.57. The fraction of sp³-hybridized carbons (Fsp3) is 0.529. The molecule has 1 aliphatic carbocycles. The van der Waals surface area contributed by atoms with E-state index in [0.717, 1.165) is 36.0 Å². The monoisotopic (exact) mass is 287 g/mol. The van der Waals surface area contributed by atoms with Gasteiger partial charge in [0.1, 0.15) is 0 Å². The molecule has 0 radical (unpaired) electrons. The zero-order valence-electron chi connectivity index (χ0n) is 12.5. The number of carbonyl (C=O) groups is 2. The Morgan fingerprint density at radius 2 is 1.81 bits per heavy atom. The Morgan fingerprint density at radius 1 is 1.19 bits per heavy atom. The minimum absolute atomic E-state index is 0.0779. The Labute approximate surface area is 124 Å². The number of aliphatic hydroxyl groups is 1. The number of rotatable bonds is 3. The molecular formula is C17H21NO3. The molecule has 1 aliphatic heterocycles. The van der Waals surface area contributed by atoms with Crippen LogP contribution in [0.3, 0.4) is 0 Å². The van der Waals surface area contributed by atoms with E-state index in [-0.39, 0.29) is 30.2 Å². The number of nitrogens with zero attached hydrogens (tertiary/aromatic N) is 1. The van der Waals surface area contributed by atoms with Gasteiger partial charge < -0.3 is 5.11 Å². The summed E-state index contributed by atoms with van der Waals surface area (Å²) in [6.45, 7) is 4.01. The minimum Gasteiger partial charge on any atom is -0.387 e. The molecule has 0 aromatic heterocycles. The number of β-amino-alcohol motifs (C(OH)–C–C–N with tert-alkyl or cyclic N) is 1.